The number of imidazole rings is 1. The number of amides is 1. The number of benzene rings is 1. The SMILES string of the molecule is CN(CCC(=O)O)C(=O)Cn1cnc2ccccc21. The predicted molar refractivity (Wildman–Crippen MR) is 69.6 cm³/mol. The van der Waals surface area contributed by atoms with Crippen molar-refractivity contribution in [1.82, 2.24) is 14.5 Å². The Labute approximate surface area is 110 Å². The Morgan fingerprint density at radius 3 is 2.84 bits per heavy atom. The molecule has 1 amide bonds. The zero-order valence-electron chi connectivity index (χ0n) is 10.6. The Morgan fingerprint density at radius 2 is 2.11 bits per heavy atom. The van der Waals surface area contributed by atoms with E-state index < -0.39 is 5.97 Å². The summed E-state index contributed by atoms with van der Waals surface area (Å²) in [6.07, 6.45) is 1.57. The molecule has 0 radical (unpaired) electrons. The summed E-state index contributed by atoms with van der Waals surface area (Å²) >= 11 is 0. The van der Waals surface area contributed by atoms with Crippen molar-refractivity contribution in [2.75, 3.05) is 13.6 Å². The summed E-state index contributed by atoms with van der Waals surface area (Å²) in [6, 6.07) is 7.55. The van der Waals surface area contributed by atoms with Gasteiger partial charge in [0.2, 0.25) is 5.91 Å². The van der Waals surface area contributed by atoms with E-state index in [1.54, 1.807) is 17.9 Å². The average molecular weight is 261 g/mol. The molecule has 19 heavy (non-hydrogen) atoms. The molecule has 0 spiro atoms. The van der Waals surface area contributed by atoms with Gasteiger partial charge in [-0.1, -0.05) is 12.1 Å². The minimum atomic E-state index is -0.910. The lowest BCUT2D eigenvalue weighted by atomic mass is 10.3. The maximum absolute atomic E-state index is 12.0. The number of carboxylic acid groups (broad SMARTS) is 1. The van der Waals surface area contributed by atoms with Crippen LogP contribution < -0.4 is 0 Å². The summed E-state index contributed by atoms with van der Waals surface area (Å²) in [5.74, 6) is -1.04. The molecule has 1 N–H and O–H groups in total. The van der Waals surface area contributed by atoms with E-state index in [0.29, 0.717) is 0 Å². The largest absolute Gasteiger partial charge is 0.481 e. The third-order valence-corrected chi connectivity index (χ3v) is 2.92. The smallest absolute Gasteiger partial charge is 0.305 e. The minimum Gasteiger partial charge on any atom is -0.481 e. The van der Waals surface area contributed by atoms with Crippen molar-refractivity contribution < 1.29 is 14.7 Å². The van der Waals surface area contributed by atoms with Gasteiger partial charge in [-0.05, 0) is 12.1 Å². The highest BCUT2D eigenvalue weighted by Gasteiger charge is 2.12. The lowest BCUT2D eigenvalue weighted by Crippen LogP contribution is -2.31. The second kappa shape index (κ2) is 5.51. The van der Waals surface area contributed by atoms with Crippen molar-refractivity contribution in [1.29, 1.82) is 0 Å². The van der Waals surface area contributed by atoms with E-state index in [9.17, 15) is 9.59 Å². The molecule has 0 unspecified atom stereocenters. The van der Waals surface area contributed by atoms with Crippen LogP contribution in [0.1, 0.15) is 6.42 Å². The number of hydrogen-bond donors (Lipinski definition) is 1. The van der Waals surface area contributed by atoms with Crippen LogP contribution in [0.2, 0.25) is 0 Å². The number of carbonyl (C=O) groups is 2. The molecular formula is C13H15N3O3. The fourth-order valence-electron chi connectivity index (χ4n) is 1.79. The standard InChI is InChI=1S/C13H15N3O3/c1-15(7-6-13(18)19)12(17)8-16-9-14-10-4-2-3-5-11(10)16/h2-5,9H,6-8H2,1H3,(H,18,19). The maximum atomic E-state index is 12.0. The minimum absolute atomic E-state index is 0.0487. The molecule has 2 aromatic rings. The number of aliphatic carboxylic acids is 1. The van der Waals surface area contributed by atoms with Gasteiger partial charge in [-0.15, -0.1) is 0 Å². The molecule has 0 aliphatic heterocycles. The van der Waals surface area contributed by atoms with E-state index in [1.165, 1.54) is 4.90 Å². The first-order valence-electron chi connectivity index (χ1n) is 5.93. The topological polar surface area (TPSA) is 75.4 Å². The highest BCUT2D eigenvalue weighted by Crippen LogP contribution is 2.11. The number of carbonyl (C=O) groups excluding carboxylic acids is 1. The lowest BCUT2D eigenvalue weighted by molar-refractivity contribution is -0.138. The summed E-state index contributed by atoms with van der Waals surface area (Å²) < 4.78 is 1.76. The van der Waals surface area contributed by atoms with Crippen molar-refractivity contribution in [2.24, 2.45) is 0 Å². The molecule has 6 heteroatoms. The molecule has 6 nitrogen and oxygen atoms in total. The molecule has 1 aromatic heterocycles. The molecule has 0 fully saturated rings. The summed E-state index contributed by atoms with van der Waals surface area (Å²) in [4.78, 5) is 28.0. The fraction of sp³-hybridized carbons (Fsp3) is 0.308. The van der Waals surface area contributed by atoms with E-state index in [2.05, 4.69) is 4.98 Å². The van der Waals surface area contributed by atoms with Crippen molar-refractivity contribution in [3.63, 3.8) is 0 Å². The van der Waals surface area contributed by atoms with Gasteiger partial charge in [0, 0.05) is 13.6 Å². The molecule has 1 heterocycles. The third-order valence-electron chi connectivity index (χ3n) is 2.92. The van der Waals surface area contributed by atoms with Crippen LogP contribution in [0.15, 0.2) is 30.6 Å². The second-order valence-corrected chi connectivity index (χ2v) is 4.32. The van der Waals surface area contributed by atoms with Crippen LogP contribution in [0.5, 0.6) is 0 Å². The third kappa shape index (κ3) is 3.09. The van der Waals surface area contributed by atoms with Crippen LogP contribution in [0.4, 0.5) is 0 Å². The Morgan fingerprint density at radius 1 is 1.37 bits per heavy atom. The molecule has 0 aliphatic rings. The van der Waals surface area contributed by atoms with Crippen LogP contribution in [0.3, 0.4) is 0 Å². The van der Waals surface area contributed by atoms with Gasteiger partial charge in [-0.25, -0.2) is 4.98 Å². The molecule has 0 saturated heterocycles. The van der Waals surface area contributed by atoms with E-state index in [0.717, 1.165) is 11.0 Å². The van der Waals surface area contributed by atoms with Gasteiger partial charge in [0.05, 0.1) is 23.8 Å². The second-order valence-electron chi connectivity index (χ2n) is 4.32. The first-order valence-corrected chi connectivity index (χ1v) is 5.93. The number of nitrogens with zero attached hydrogens (tertiary/aromatic N) is 3. The van der Waals surface area contributed by atoms with Crippen LogP contribution in [-0.4, -0.2) is 45.0 Å². The van der Waals surface area contributed by atoms with Crippen LogP contribution >= 0.6 is 0 Å². The van der Waals surface area contributed by atoms with E-state index in [4.69, 9.17) is 5.11 Å². The van der Waals surface area contributed by atoms with Gasteiger partial charge >= 0.3 is 5.97 Å². The lowest BCUT2D eigenvalue weighted by Gasteiger charge is -2.16. The summed E-state index contributed by atoms with van der Waals surface area (Å²) in [5.41, 5.74) is 1.73. The Balaban J connectivity index is 2.04. The summed E-state index contributed by atoms with van der Waals surface area (Å²) in [6.45, 7) is 0.372. The first-order chi connectivity index (χ1) is 9.08. The number of fused-ring (bicyclic) bond motifs is 1. The van der Waals surface area contributed by atoms with Gasteiger partial charge < -0.3 is 14.6 Å². The molecule has 1 aromatic carbocycles. The fourth-order valence-corrected chi connectivity index (χ4v) is 1.79. The molecule has 0 aliphatic carbocycles. The van der Waals surface area contributed by atoms with Crippen molar-refractivity contribution in [3.05, 3.63) is 30.6 Å². The molecule has 0 saturated carbocycles. The Bertz CT molecular complexity index is 606. The number of aromatic nitrogens is 2. The van der Waals surface area contributed by atoms with Gasteiger partial charge in [-0.3, -0.25) is 9.59 Å². The number of rotatable bonds is 5. The molecular weight excluding hydrogens is 246 g/mol. The number of hydrogen-bond acceptors (Lipinski definition) is 3. The van der Waals surface area contributed by atoms with Gasteiger partial charge in [0.15, 0.2) is 0 Å². The highest BCUT2D eigenvalue weighted by molar-refractivity contribution is 5.80. The summed E-state index contributed by atoms with van der Waals surface area (Å²) in [7, 11) is 1.60. The van der Waals surface area contributed by atoms with Crippen LogP contribution in [-0.2, 0) is 16.1 Å². The molecule has 0 atom stereocenters. The summed E-state index contributed by atoms with van der Waals surface area (Å²) in [5, 5.41) is 8.59. The number of para-hydroxylation sites is 2. The van der Waals surface area contributed by atoms with Crippen molar-refractivity contribution in [2.45, 2.75) is 13.0 Å². The Hall–Kier alpha value is -2.37. The predicted octanol–water partition coefficient (Wildman–Crippen LogP) is 0.969. The first kappa shape index (κ1) is 13.1. The number of carboxylic acids is 1. The Kier molecular flexibility index (Phi) is 3.79. The van der Waals surface area contributed by atoms with E-state index in [-0.39, 0.29) is 25.4 Å². The zero-order valence-corrected chi connectivity index (χ0v) is 10.6. The maximum Gasteiger partial charge on any atom is 0.305 e. The van der Waals surface area contributed by atoms with Crippen LogP contribution in [0.25, 0.3) is 11.0 Å². The van der Waals surface area contributed by atoms with E-state index >= 15 is 0 Å². The molecule has 2 rings (SSSR count). The number of likely N-dealkylation sites (N-methyl/N-ethyl adjacent to an activating group) is 1. The normalized spacial score (nSPS) is 10.6. The monoisotopic (exact) mass is 261 g/mol. The van der Waals surface area contributed by atoms with Gasteiger partial charge in [0.1, 0.15) is 6.54 Å². The van der Waals surface area contributed by atoms with Crippen molar-refractivity contribution >= 4 is 22.9 Å². The average Bonchev–Trinajstić information content (AvgIpc) is 2.79. The van der Waals surface area contributed by atoms with Gasteiger partial charge in [0.25, 0.3) is 0 Å². The van der Waals surface area contributed by atoms with Gasteiger partial charge in [-0.2, -0.15) is 0 Å². The molecule has 100 valence electrons. The zero-order chi connectivity index (χ0) is 13.8. The van der Waals surface area contributed by atoms with E-state index in [1.807, 2.05) is 24.3 Å². The van der Waals surface area contributed by atoms with Crippen LogP contribution in [0, 0.1) is 0 Å². The quantitative estimate of drug-likeness (QED) is 0.870. The molecule has 0 bridgehead atoms. The highest BCUT2D eigenvalue weighted by atomic mass is 16.4. The van der Waals surface area contributed by atoms with Crippen molar-refractivity contribution in [3.8, 4) is 0 Å².